The van der Waals surface area contributed by atoms with Crippen molar-refractivity contribution in [1.82, 2.24) is 19.5 Å². The highest BCUT2D eigenvalue weighted by Gasteiger charge is 2.22. The third kappa shape index (κ3) is 3.51. The summed E-state index contributed by atoms with van der Waals surface area (Å²) < 4.78 is 2.06. The first-order valence-corrected chi connectivity index (χ1v) is 10.8. The molecular weight excluding hydrogens is 418 g/mol. The summed E-state index contributed by atoms with van der Waals surface area (Å²) in [6.45, 7) is 0. The highest BCUT2D eigenvalue weighted by molar-refractivity contribution is 6.34. The Kier molecular flexibility index (Phi) is 5.33. The molecule has 5 rings (SSSR count). The Morgan fingerprint density at radius 2 is 1.72 bits per heavy atom. The van der Waals surface area contributed by atoms with Crippen LogP contribution < -0.4 is 5.32 Å². The fourth-order valence-corrected chi connectivity index (χ4v) is 4.59. The Morgan fingerprint density at radius 1 is 0.938 bits per heavy atom. The molecule has 1 atom stereocenters. The Balaban J connectivity index is 1.76. The van der Waals surface area contributed by atoms with Gasteiger partial charge in [-0.25, -0.2) is 9.97 Å². The molecule has 0 amide bonds. The minimum atomic E-state index is 0.00968. The van der Waals surface area contributed by atoms with E-state index >= 15 is 0 Å². The highest BCUT2D eigenvalue weighted by Crippen LogP contribution is 2.41. The van der Waals surface area contributed by atoms with E-state index in [1.807, 2.05) is 63.3 Å². The molecule has 2 aromatic carbocycles. The number of halogens is 1. The summed E-state index contributed by atoms with van der Waals surface area (Å²) in [5.74, 6) is 0.00968. The largest absolute Gasteiger partial charge is 0.387 e. The van der Waals surface area contributed by atoms with Crippen LogP contribution in [-0.4, -0.2) is 26.6 Å². The number of pyridine rings is 2. The second kappa shape index (κ2) is 8.44. The summed E-state index contributed by atoms with van der Waals surface area (Å²) >= 11 is 6.65. The number of benzene rings is 2. The quantitative estimate of drug-likeness (QED) is 0.346. The normalized spacial score (nSPS) is 12.1. The standard InChI is InChI=1S/C26H22ClN5/c1-28-25-20-14-19(23(18-10-12-29-13-11-18)22-15-30-16-32(22)2)8-9-21(20)31-26(27)24(25)17-6-4-3-5-7-17/h3-16,23H,1-2H3,(H,28,31). The smallest absolute Gasteiger partial charge is 0.139 e. The molecule has 5 aromatic rings. The van der Waals surface area contributed by atoms with Crippen LogP contribution in [0.1, 0.15) is 22.7 Å². The predicted molar refractivity (Wildman–Crippen MR) is 130 cm³/mol. The molecule has 5 nitrogen and oxygen atoms in total. The van der Waals surface area contributed by atoms with Gasteiger partial charge in [0.2, 0.25) is 0 Å². The van der Waals surface area contributed by atoms with Gasteiger partial charge in [0.25, 0.3) is 0 Å². The fourth-order valence-electron chi connectivity index (χ4n) is 4.29. The van der Waals surface area contributed by atoms with Gasteiger partial charge in [0.15, 0.2) is 0 Å². The number of hydrogen-bond acceptors (Lipinski definition) is 4. The zero-order valence-corrected chi connectivity index (χ0v) is 18.6. The van der Waals surface area contributed by atoms with E-state index in [9.17, 15) is 0 Å². The molecule has 0 aliphatic heterocycles. The van der Waals surface area contributed by atoms with E-state index in [1.165, 1.54) is 0 Å². The van der Waals surface area contributed by atoms with E-state index in [-0.39, 0.29) is 5.92 Å². The monoisotopic (exact) mass is 439 g/mol. The van der Waals surface area contributed by atoms with Crippen molar-refractivity contribution >= 4 is 28.2 Å². The lowest BCUT2D eigenvalue weighted by Crippen LogP contribution is -2.08. The Morgan fingerprint density at radius 3 is 2.41 bits per heavy atom. The second-order valence-corrected chi connectivity index (χ2v) is 8.05. The molecule has 0 fully saturated rings. The molecule has 32 heavy (non-hydrogen) atoms. The highest BCUT2D eigenvalue weighted by atomic mass is 35.5. The SMILES string of the molecule is CNc1c(-c2ccccc2)c(Cl)nc2ccc(C(c3ccncc3)c3cncn3C)cc12. The summed E-state index contributed by atoms with van der Waals surface area (Å²) in [4.78, 5) is 13.3. The van der Waals surface area contributed by atoms with E-state index in [0.29, 0.717) is 5.15 Å². The summed E-state index contributed by atoms with van der Waals surface area (Å²) in [5, 5.41) is 4.89. The number of aryl methyl sites for hydroxylation is 1. The van der Waals surface area contributed by atoms with Gasteiger partial charge in [0.05, 0.1) is 23.4 Å². The van der Waals surface area contributed by atoms with Crippen molar-refractivity contribution in [2.45, 2.75) is 5.92 Å². The minimum Gasteiger partial charge on any atom is -0.387 e. The van der Waals surface area contributed by atoms with Gasteiger partial charge in [-0.2, -0.15) is 0 Å². The Bertz CT molecular complexity index is 1380. The molecule has 0 bridgehead atoms. The lowest BCUT2D eigenvalue weighted by atomic mass is 9.88. The van der Waals surface area contributed by atoms with Crippen molar-refractivity contribution in [3.8, 4) is 11.1 Å². The van der Waals surface area contributed by atoms with Crippen LogP contribution in [0.2, 0.25) is 5.15 Å². The molecule has 1 unspecified atom stereocenters. The van der Waals surface area contributed by atoms with Gasteiger partial charge >= 0.3 is 0 Å². The number of aromatic nitrogens is 4. The van der Waals surface area contributed by atoms with Crippen LogP contribution >= 0.6 is 11.6 Å². The van der Waals surface area contributed by atoms with Gasteiger partial charge in [-0.15, -0.1) is 0 Å². The molecule has 0 saturated carbocycles. The van der Waals surface area contributed by atoms with Gasteiger partial charge in [0, 0.05) is 49.3 Å². The fraction of sp³-hybridized carbons (Fsp3) is 0.115. The zero-order valence-electron chi connectivity index (χ0n) is 17.8. The maximum atomic E-state index is 6.65. The average molecular weight is 440 g/mol. The van der Waals surface area contributed by atoms with Crippen LogP contribution in [0.25, 0.3) is 22.0 Å². The van der Waals surface area contributed by atoms with Crippen LogP contribution in [0.3, 0.4) is 0 Å². The zero-order chi connectivity index (χ0) is 22.1. The first-order chi connectivity index (χ1) is 15.7. The van der Waals surface area contributed by atoms with Crippen molar-refractivity contribution in [3.05, 3.63) is 108 Å². The maximum absolute atomic E-state index is 6.65. The van der Waals surface area contributed by atoms with E-state index in [2.05, 4.69) is 56.3 Å². The van der Waals surface area contributed by atoms with Crippen LogP contribution in [0.4, 0.5) is 5.69 Å². The number of anilines is 1. The van der Waals surface area contributed by atoms with Crippen molar-refractivity contribution in [1.29, 1.82) is 0 Å². The molecule has 0 aliphatic carbocycles. The average Bonchev–Trinajstić information content (AvgIpc) is 3.25. The summed E-state index contributed by atoms with van der Waals surface area (Å²) in [6.07, 6.45) is 7.41. The second-order valence-electron chi connectivity index (χ2n) is 7.69. The third-order valence-electron chi connectivity index (χ3n) is 5.80. The molecule has 3 heterocycles. The van der Waals surface area contributed by atoms with Crippen LogP contribution in [0.5, 0.6) is 0 Å². The van der Waals surface area contributed by atoms with Crippen molar-refractivity contribution < 1.29 is 0 Å². The molecule has 0 radical (unpaired) electrons. The van der Waals surface area contributed by atoms with Gasteiger partial charge < -0.3 is 9.88 Å². The molecule has 3 aromatic heterocycles. The van der Waals surface area contributed by atoms with Gasteiger partial charge in [0.1, 0.15) is 5.15 Å². The van der Waals surface area contributed by atoms with Crippen molar-refractivity contribution in [2.75, 3.05) is 12.4 Å². The van der Waals surface area contributed by atoms with Crippen molar-refractivity contribution in [2.24, 2.45) is 7.05 Å². The van der Waals surface area contributed by atoms with E-state index in [4.69, 9.17) is 16.6 Å². The molecule has 0 spiro atoms. The Hall–Kier alpha value is -3.70. The number of nitrogens with one attached hydrogen (secondary N) is 1. The van der Waals surface area contributed by atoms with Crippen LogP contribution in [0, 0.1) is 0 Å². The summed E-state index contributed by atoms with van der Waals surface area (Å²) in [6, 6.07) is 20.6. The van der Waals surface area contributed by atoms with Gasteiger partial charge in [-0.3, -0.25) is 4.98 Å². The topological polar surface area (TPSA) is 55.6 Å². The van der Waals surface area contributed by atoms with Crippen molar-refractivity contribution in [3.63, 3.8) is 0 Å². The van der Waals surface area contributed by atoms with Crippen LogP contribution in [0.15, 0.2) is 85.6 Å². The van der Waals surface area contributed by atoms with E-state index in [1.54, 1.807) is 0 Å². The number of hydrogen-bond donors (Lipinski definition) is 1. The lowest BCUT2D eigenvalue weighted by molar-refractivity contribution is 0.792. The molecule has 6 heteroatoms. The third-order valence-corrected chi connectivity index (χ3v) is 6.07. The number of fused-ring (bicyclic) bond motifs is 1. The lowest BCUT2D eigenvalue weighted by Gasteiger charge is -2.20. The minimum absolute atomic E-state index is 0.00968. The molecule has 1 N–H and O–H groups in total. The van der Waals surface area contributed by atoms with Gasteiger partial charge in [-0.1, -0.05) is 48.0 Å². The van der Waals surface area contributed by atoms with E-state index in [0.717, 1.165) is 44.5 Å². The number of imidazole rings is 1. The summed E-state index contributed by atoms with van der Waals surface area (Å²) in [5.41, 5.74) is 7.14. The predicted octanol–water partition coefficient (Wildman–Crippen LogP) is 5.91. The molecule has 0 aliphatic rings. The molecule has 0 saturated heterocycles. The van der Waals surface area contributed by atoms with Crippen LogP contribution in [-0.2, 0) is 7.05 Å². The number of rotatable bonds is 5. The first-order valence-electron chi connectivity index (χ1n) is 10.4. The van der Waals surface area contributed by atoms with E-state index < -0.39 is 0 Å². The maximum Gasteiger partial charge on any atom is 0.139 e. The Labute approximate surface area is 191 Å². The number of nitrogens with zero attached hydrogens (tertiary/aromatic N) is 4. The molecule has 158 valence electrons. The van der Waals surface area contributed by atoms with Gasteiger partial charge in [-0.05, 0) is 41.0 Å². The summed E-state index contributed by atoms with van der Waals surface area (Å²) in [7, 11) is 3.94. The first kappa shape index (κ1) is 20.2. The molecular formula is C26H22ClN5.